The van der Waals surface area contributed by atoms with Crippen LogP contribution in [-0.2, 0) is 11.4 Å². The Morgan fingerprint density at radius 2 is 2.08 bits per heavy atom. The second-order valence-electron chi connectivity index (χ2n) is 5.42. The quantitative estimate of drug-likeness (QED) is 0.500. The number of rotatable bonds is 5. The number of amides is 1. The molecule has 5 nitrogen and oxygen atoms in total. The summed E-state index contributed by atoms with van der Waals surface area (Å²) in [6, 6.07) is 7.49. The van der Waals surface area contributed by atoms with Crippen LogP contribution in [0.5, 0.6) is 11.5 Å². The number of carbonyl (C=O) groups is 1. The van der Waals surface area contributed by atoms with Crippen LogP contribution in [0.1, 0.15) is 11.1 Å². The molecule has 1 aromatic carbocycles. The standard InChI is InChI=1S/C18H15BrN2O3S2/c1-21-17(22)15(26-18(21)25)9-12-7-13(19)16(14(8-12)23-2)24-10-11-3-5-20-6-4-11/h3-9H,10H2,1-2H3/b15-9+. The summed E-state index contributed by atoms with van der Waals surface area (Å²) >= 11 is 9.97. The summed E-state index contributed by atoms with van der Waals surface area (Å²) in [6.07, 6.45) is 5.23. The van der Waals surface area contributed by atoms with Crippen molar-refractivity contribution in [2.24, 2.45) is 0 Å². The van der Waals surface area contributed by atoms with Crippen LogP contribution in [0.25, 0.3) is 6.08 Å². The zero-order valence-corrected chi connectivity index (χ0v) is 17.3. The first-order valence-corrected chi connectivity index (χ1v) is 9.62. The Hall–Kier alpha value is -1.90. The van der Waals surface area contributed by atoms with Crippen LogP contribution in [0.2, 0.25) is 0 Å². The molecule has 134 valence electrons. The van der Waals surface area contributed by atoms with E-state index in [0.29, 0.717) is 27.3 Å². The number of pyridine rings is 1. The molecule has 26 heavy (non-hydrogen) atoms. The van der Waals surface area contributed by atoms with E-state index < -0.39 is 0 Å². The highest BCUT2D eigenvalue weighted by Gasteiger charge is 2.28. The van der Waals surface area contributed by atoms with Gasteiger partial charge < -0.3 is 9.47 Å². The van der Waals surface area contributed by atoms with Gasteiger partial charge in [-0.05, 0) is 57.4 Å². The van der Waals surface area contributed by atoms with Crippen LogP contribution in [0.3, 0.4) is 0 Å². The lowest BCUT2D eigenvalue weighted by Crippen LogP contribution is -2.22. The van der Waals surface area contributed by atoms with Crippen molar-refractivity contribution in [3.63, 3.8) is 0 Å². The smallest absolute Gasteiger partial charge is 0.265 e. The topological polar surface area (TPSA) is 51.7 Å². The molecule has 2 aromatic rings. The Labute approximate surface area is 169 Å². The van der Waals surface area contributed by atoms with E-state index in [0.717, 1.165) is 15.6 Å². The number of halogens is 1. The monoisotopic (exact) mass is 450 g/mol. The van der Waals surface area contributed by atoms with Crippen molar-refractivity contribution in [3.05, 3.63) is 57.2 Å². The second-order valence-corrected chi connectivity index (χ2v) is 7.95. The maximum absolute atomic E-state index is 12.2. The van der Waals surface area contributed by atoms with E-state index in [1.165, 1.54) is 16.7 Å². The van der Waals surface area contributed by atoms with Gasteiger partial charge in [0.2, 0.25) is 0 Å². The predicted octanol–water partition coefficient (Wildman–Crippen LogP) is 4.26. The number of methoxy groups -OCH3 is 1. The van der Waals surface area contributed by atoms with Crippen LogP contribution in [-0.4, -0.2) is 34.3 Å². The van der Waals surface area contributed by atoms with Gasteiger partial charge in [0, 0.05) is 19.4 Å². The molecule has 2 heterocycles. The third kappa shape index (κ3) is 4.08. The Bertz CT molecular complexity index is 888. The van der Waals surface area contributed by atoms with E-state index in [2.05, 4.69) is 20.9 Å². The summed E-state index contributed by atoms with van der Waals surface area (Å²) in [5, 5.41) is 0. The summed E-state index contributed by atoms with van der Waals surface area (Å²) in [7, 11) is 3.25. The van der Waals surface area contributed by atoms with Gasteiger partial charge in [-0.1, -0.05) is 24.0 Å². The molecule has 1 amide bonds. The zero-order valence-electron chi connectivity index (χ0n) is 14.1. The highest BCUT2D eigenvalue weighted by atomic mass is 79.9. The second kappa shape index (κ2) is 8.20. The van der Waals surface area contributed by atoms with Crippen LogP contribution < -0.4 is 9.47 Å². The maximum Gasteiger partial charge on any atom is 0.265 e. The highest BCUT2D eigenvalue weighted by Crippen LogP contribution is 2.39. The minimum absolute atomic E-state index is 0.104. The van der Waals surface area contributed by atoms with Gasteiger partial charge in [-0.2, -0.15) is 0 Å². The van der Waals surface area contributed by atoms with E-state index in [1.54, 1.807) is 32.6 Å². The number of aromatic nitrogens is 1. The molecule has 1 saturated heterocycles. The van der Waals surface area contributed by atoms with Crippen LogP contribution >= 0.6 is 39.9 Å². The molecule has 0 spiro atoms. The van der Waals surface area contributed by atoms with Gasteiger partial charge in [-0.25, -0.2) is 0 Å². The van der Waals surface area contributed by atoms with E-state index in [4.69, 9.17) is 21.7 Å². The molecule has 1 fully saturated rings. The van der Waals surface area contributed by atoms with E-state index >= 15 is 0 Å². The third-order valence-electron chi connectivity index (χ3n) is 3.67. The minimum Gasteiger partial charge on any atom is -0.493 e. The summed E-state index contributed by atoms with van der Waals surface area (Å²) < 4.78 is 12.7. The average molecular weight is 451 g/mol. The van der Waals surface area contributed by atoms with Gasteiger partial charge in [0.05, 0.1) is 16.5 Å². The molecule has 0 saturated carbocycles. The summed E-state index contributed by atoms with van der Waals surface area (Å²) in [4.78, 5) is 18.2. The van der Waals surface area contributed by atoms with Crippen LogP contribution in [0, 0.1) is 0 Å². The minimum atomic E-state index is -0.104. The predicted molar refractivity (Wildman–Crippen MR) is 110 cm³/mol. The molecular weight excluding hydrogens is 436 g/mol. The molecule has 8 heteroatoms. The van der Waals surface area contributed by atoms with Gasteiger partial charge in [-0.15, -0.1) is 0 Å². The van der Waals surface area contributed by atoms with Crippen molar-refractivity contribution in [1.29, 1.82) is 0 Å². The Balaban J connectivity index is 1.86. The summed E-state index contributed by atoms with van der Waals surface area (Å²) in [6.45, 7) is 0.394. The fourth-order valence-electron chi connectivity index (χ4n) is 2.29. The Kier molecular flexibility index (Phi) is 5.95. The lowest BCUT2D eigenvalue weighted by atomic mass is 10.2. The molecule has 1 aliphatic heterocycles. The van der Waals surface area contributed by atoms with Crippen LogP contribution in [0.4, 0.5) is 0 Å². The molecule has 0 bridgehead atoms. The molecule has 0 N–H and O–H groups in total. The summed E-state index contributed by atoms with van der Waals surface area (Å²) in [5.41, 5.74) is 1.82. The van der Waals surface area contributed by atoms with Gasteiger partial charge >= 0.3 is 0 Å². The van der Waals surface area contributed by atoms with Crippen molar-refractivity contribution < 1.29 is 14.3 Å². The first kappa shape index (κ1) is 18.9. The number of ether oxygens (including phenoxy) is 2. The molecular formula is C18H15BrN2O3S2. The first-order valence-electron chi connectivity index (χ1n) is 7.60. The maximum atomic E-state index is 12.2. The first-order chi connectivity index (χ1) is 12.5. The van der Waals surface area contributed by atoms with Gasteiger partial charge in [0.25, 0.3) is 5.91 Å². The fourth-order valence-corrected chi connectivity index (χ4v) is 4.05. The average Bonchev–Trinajstić information content (AvgIpc) is 2.88. The van der Waals surface area contributed by atoms with E-state index in [-0.39, 0.29) is 5.91 Å². The van der Waals surface area contributed by atoms with Crippen molar-refractivity contribution >= 4 is 56.2 Å². The normalized spacial score (nSPS) is 15.7. The lowest BCUT2D eigenvalue weighted by Gasteiger charge is -2.13. The number of likely N-dealkylation sites (N-methyl/N-ethyl adjacent to an activating group) is 1. The molecule has 0 unspecified atom stereocenters. The molecule has 1 aromatic heterocycles. The van der Waals surface area contributed by atoms with E-state index in [1.807, 2.05) is 24.3 Å². The van der Waals surface area contributed by atoms with Crippen molar-refractivity contribution in [2.45, 2.75) is 6.61 Å². The van der Waals surface area contributed by atoms with Gasteiger partial charge in [-0.3, -0.25) is 14.7 Å². The lowest BCUT2D eigenvalue weighted by molar-refractivity contribution is -0.121. The fraction of sp³-hybridized carbons (Fsp3) is 0.167. The number of nitrogens with zero attached hydrogens (tertiary/aromatic N) is 2. The molecule has 0 atom stereocenters. The largest absolute Gasteiger partial charge is 0.493 e. The van der Waals surface area contributed by atoms with E-state index in [9.17, 15) is 4.79 Å². The number of carbonyl (C=O) groups excluding carboxylic acids is 1. The molecule has 0 aliphatic carbocycles. The highest BCUT2D eigenvalue weighted by molar-refractivity contribution is 9.10. The summed E-state index contributed by atoms with van der Waals surface area (Å²) in [5.74, 6) is 1.07. The molecule has 0 radical (unpaired) electrons. The molecule has 1 aliphatic rings. The zero-order chi connectivity index (χ0) is 18.7. The number of benzene rings is 1. The number of thioether (sulfide) groups is 1. The SMILES string of the molecule is COc1cc(/C=C2/SC(=S)N(C)C2=O)cc(Br)c1OCc1ccncc1. The molecule has 3 rings (SSSR count). The van der Waals surface area contributed by atoms with Crippen molar-refractivity contribution in [2.75, 3.05) is 14.2 Å². The van der Waals surface area contributed by atoms with Crippen molar-refractivity contribution in [3.8, 4) is 11.5 Å². The number of hydrogen-bond acceptors (Lipinski definition) is 6. The van der Waals surface area contributed by atoms with Crippen molar-refractivity contribution in [1.82, 2.24) is 9.88 Å². The third-order valence-corrected chi connectivity index (χ3v) is 5.74. The number of hydrogen-bond donors (Lipinski definition) is 0. The Morgan fingerprint density at radius 1 is 1.35 bits per heavy atom. The van der Waals surface area contributed by atoms with Crippen LogP contribution in [0.15, 0.2) is 46.0 Å². The number of thiocarbonyl (C=S) groups is 1. The van der Waals surface area contributed by atoms with Gasteiger partial charge in [0.1, 0.15) is 10.9 Å². The van der Waals surface area contributed by atoms with Gasteiger partial charge in [0.15, 0.2) is 11.5 Å². The Morgan fingerprint density at radius 3 is 2.69 bits per heavy atom.